The minimum Gasteiger partial charge on any atom is -0.462 e. The van der Waals surface area contributed by atoms with Crippen molar-refractivity contribution in [2.75, 3.05) is 19.0 Å². The largest absolute Gasteiger partial charge is 0.462 e. The molecule has 6 nitrogen and oxygen atoms in total. The zero-order valence-corrected chi connectivity index (χ0v) is 13.6. The van der Waals surface area contributed by atoms with Crippen molar-refractivity contribution in [2.24, 2.45) is 0 Å². The van der Waals surface area contributed by atoms with Gasteiger partial charge in [-0.1, -0.05) is 12.1 Å². The summed E-state index contributed by atoms with van der Waals surface area (Å²) in [5.41, 5.74) is 2.56. The fourth-order valence-electron chi connectivity index (χ4n) is 3.99. The third kappa shape index (κ3) is 2.12. The predicted molar refractivity (Wildman–Crippen MR) is 86.3 cm³/mol. The Morgan fingerprint density at radius 3 is 2.79 bits per heavy atom. The number of benzene rings is 1. The van der Waals surface area contributed by atoms with Crippen LogP contribution in [0.3, 0.4) is 0 Å². The van der Waals surface area contributed by atoms with E-state index in [9.17, 15) is 14.4 Å². The van der Waals surface area contributed by atoms with Crippen molar-refractivity contribution in [2.45, 2.75) is 43.6 Å². The Bertz CT molecular complexity index is 739. The molecule has 24 heavy (non-hydrogen) atoms. The zero-order valence-electron chi connectivity index (χ0n) is 13.6. The molecule has 2 aliphatic heterocycles. The Kier molecular flexibility index (Phi) is 3.37. The maximum absolute atomic E-state index is 12.3. The second kappa shape index (κ2) is 5.33. The summed E-state index contributed by atoms with van der Waals surface area (Å²) in [6, 6.07) is 5.79. The standard InChI is InChI=1S/C18H20N2O4/c1-24-16(22)15(21)20-9-3-2-4-14(20)11-5-6-13-12(10-11)18(7-8-18)17(23)19-13/h5-6,10,14H,2-4,7-9H2,1H3,(H,19,23). The van der Waals surface area contributed by atoms with Crippen molar-refractivity contribution < 1.29 is 19.1 Å². The van der Waals surface area contributed by atoms with Crippen molar-refractivity contribution in [3.63, 3.8) is 0 Å². The molecule has 1 saturated heterocycles. The van der Waals surface area contributed by atoms with Gasteiger partial charge in [0.05, 0.1) is 18.6 Å². The van der Waals surface area contributed by atoms with Gasteiger partial charge < -0.3 is 15.0 Å². The van der Waals surface area contributed by atoms with Gasteiger partial charge in [-0.15, -0.1) is 0 Å². The number of likely N-dealkylation sites (tertiary alicyclic amines) is 1. The maximum atomic E-state index is 12.3. The average molecular weight is 328 g/mol. The van der Waals surface area contributed by atoms with Crippen LogP contribution < -0.4 is 5.32 Å². The van der Waals surface area contributed by atoms with Gasteiger partial charge in [0.25, 0.3) is 0 Å². The number of nitrogens with one attached hydrogen (secondary N) is 1. The smallest absolute Gasteiger partial charge is 0.396 e. The fraction of sp³-hybridized carbons (Fsp3) is 0.500. The molecular formula is C18H20N2O4. The van der Waals surface area contributed by atoms with Crippen LogP contribution in [0.5, 0.6) is 0 Å². The van der Waals surface area contributed by atoms with Gasteiger partial charge in [-0.2, -0.15) is 0 Å². The molecule has 1 spiro atoms. The van der Waals surface area contributed by atoms with Crippen molar-refractivity contribution in [3.8, 4) is 0 Å². The summed E-state index contributed by atoms with van der Waals surface area (Å²) < 4.78 is 4.60. The van der Waals surface area contributed by atoms with Crippen LogP contribution in [0, 0.1) is 0 Å². The Morgan fingerprint density at radius 1 is 1.29 bits per heavy atom. The predicted octanol–water partition coefficient (Wildman–Crippen LogP) is 1.90. The van der Waals surface area contributed by atoms with E-state index in [-0.39, 0.29) is 17.4 Å². The summed E-state index contributed by atoms with van der Waals surface area (Å²) in [5.74, 6) is -1.32. The van der Waals surface area contributed by atoms with Crippen molar-refractivity contribution >= 4 is 23.5 Å². The van der Waals surface area contributed by atoms with Gasteiger partial charge in [-0.3, -0.25) is 9.59 Å². The van der Waals surface area contributed by atoms with E-state index in [1.165, 1.54) is 7.11 Å². The number of amides is 2. The number of hydrogen-bond donors (Lipinski definition) is 1. The third-order valence-electron chi connectivity index (χ3n) is 5.50. The monoisotopic (exact) mass is 328 g/mol. The number of piperidine rings is 1. The summed E-state index contributed by atoms with van der Waals surface area (Å²) in [6.07, 6.45) is 4.47. The lowest BCUT2D eigenvalue weighted by molar-refractivity contribution is -0.160. The third-order valence-corrected chi connectivity index (χ3v) is 5.50. The van der Waals surface area contributed by atoms with Crippen LogP contribution in [-0.2, 0) is 24.5 Å². The zero-order chi connectivity index (χ0) is 16.9. The summed E-state index contributed by atoms with van der Waals surface area (Å²) in [7, 11) is 1.22. The molecule has 2 fully saturated rings. The van der Waals surface area contributed by atoms with Crippen LogP contribution in [0.2, 0.25) is 0 Å². The van der Waals surface area contributed by atoms with Crippen LogP contribution in [0.1, 0.15) is 49.3 Å². The molecule has 4 rings (SSSR count). The summed E-state index contributed by atoms with van der Waals surface area (Å²) in [5, 5.41) is 2.95. The lowest BCUT2D eigenvalue weighted by atomic mass is 9.90. The van der Waals surface area contributed by atoms with Crippen molar-refractivity contribution in [1.82, 2.24) is 4.90 Å². The lowest BCUT2D eigenvalue weighted by Gasteiger charge is -2.35. The topological polar surface area (TPSA) is 75.7 Å². The van der Waals surface area contributed by atoms with Gasteiger partial charge >= 0.3 is 11.9 Å². The molecule has 3 aliphatic rings. The van der Waals surface area contributed by atoms with Gasteiger partial charge in [0.15, 0.2) is 0 Å². The minimum atomic E-state index is -0.821. The second-order valence-electron chi connectivity index (χ2n) is 6.84. The Morgan fingerprint density at radius 2 is 2.08 bits per heavy atom. The first-order valence-electron chi connectivity index (χ1n) is 8.41. The molecule has 1 aromatic rings. The van der Waals surface area contributed by atoms with Crippen molar-refractivity contribution in [1.29, 1.82) is 0 Å². The number of methoxy groups -OCH3 is 1. The Hall–Kier alpha value is -2.37. The van der Waals surface area contributed by atoms with Gasteiger partial charge in [-0.25, -0.2) is 4.79 Å². The highest BCUT2D eigenvalue weighted by Gasteiger charge is 2.56. The highest BCUT2D eigenvalue weighted by molar-refractivity contribution is 6.32. The number of fused-ring (bicyclic) bond motifs is 2. The first-order chi connectivity index (χ1) is 11.6. The molecule has 0 bridgehead atoms. The number of rotatable bonds is 1. The number of hydrogen-bond acceptors (Lipinski definition) is 4. The molecule has 1 N–H and O–H groups in total. The fourth-order valence-corrected chi connectivity index (χ4v) is 3.99. The molecule has 126 valence electrons. The summed E-state index contributed by atoms with van der Waals surface area (Å²) in [6.45, 7) is 0.554. The number of carbonyl (C=O) groups excluding carboxylic acids is 3. The van der Waals surface area contributed by atoms with Crippen LogP contribution in [0.15, 0.2) is 18.2 Å². The van der Waals surface area contributed by atoms with Crippen LogP contribution >= 0.6 is 0 Å². The maximum Gasteiger partial charge on any atom is 0.396 e. The van der Waals surface area contributed by atoms with Crippen LogP contribution in [-0.4, -0.2) is 36.3 Å². The Balaban J connectivity index is 1.68. The number of carbonyl (C=O) groups is 3. The van der Waals surface area contributed by atoms with Gasteiger partial charge in [-0.05, 0) is 49.3 Å². The Labute approximate surface area is 140 Å². The van der Waals surface area contributed by atoms with E-state index in [1.54, 1.807) is 4.90 Å². The number of esters is 1. The number of nitrogens with zero attached hydrogens (tertiary/aromatic N) is 1. The van der Waals surface area contributed by atoms with E-state index in [0.29, 0.717) is 6.54 Å². The molecule has 1 saturated carbocycles. The van der Waals surface area contributed by atoms with Gasteiger partial charge in [0.1, 0.15) is 0 Å². The molecule has 2 heterocycles. The molecule has 1 aliphatic carbocycles. The molecule has 0 aromatic heterocycles. The normalized spacial score (nSPS) is 23.6. The minimum absolute atomic E-state index is 0.0841. The molecule has 6 heteroatoms. The lowest BCUT2D eigenvalue weighted by Crippen LogP contribution is -2.42. The average Bonchev–Trinajstić information content (AvgIpc) is 3.37. The molecule has 1 aromatic carbocycles. The molecular weight excluding hydrogens is 308 g/mol. The highest BCUT2D eigenvalue weighted by atomic mass is 16.5. The van der Waals surface area contributed by atoms with E-state index < -0.39 is 11.9 Å². The first kappa shape index (κ1) is 15.2. The SMILES string of the molecule is COC(=O)C(=O)N1CCCCC1c1ccc2c(c1)C1(CC1)C(=O)N2. The van der Waals surface area contributed by atoms with E-state index in [0.717, 1.165) is 48.9 Å². The summed E-state index contributed by atoms with van der Waals surface area (Å²) >= 11 is 0. The first-order valence-corrected chi connectivity index (χ1v) is 8.41. The number of anilines is 1. The highest BCUT2D eigenvalue weighted by Crippen LogP contribution is 2.55. The van der Waals surface area contributed by atoms with E-state index >= 15 is 0 Å². The second-order valence-corrected chi connectivity index (χ2v) is 6.84. The molecule has 1 unspecified atom stereocenters. The van der Waals surface area contributed by atoms with Gasteiger partial charge in [0.2, 0.25) is 5.91 Å². The molecule has 0 radical (unpaired) electrons. The van der Waals surface area contributed by atoms with Gasteiger partial charge in [0, 0.05) is 12.2 Å². The van der Waals surface area contributed by atoms with E-state index in [2.05, 4.69) is 10.1 Å². The van der Waals surface area contributed by atoms with Crippen molar-refractivity contribution in [3.05, 3.63) is 29.3 Å². The van der Waals surface area contributed by atoms with Crippen LogP contribution in [0.25, 0.3) is 0 Å². The van der Waals surface area contributed by atoms with E-state index in [4.69, 9.17) is 0 Å². The number of ether oxygens (including phenoxy) is 1. The van der Waals surface area contributed by atoms with E-state index in [1.807, 2.05) is 18.2 Å². The molecule has 1 atom stereocenters. The quantitative estimate of drug-likeness (QED) is 0.631. The van der Waals surface area contributed by atoms with Crippen LogP contribution in [0.4, 0.5) is 5.69 Å². The summed E-state index contributed by atoms with van der Waals surface area (Å²) in [4.78, 5) is 37.8. The molecule has 2 amide bonds.